The zero-order valence-corrected chi connectivity index (χ0v) is 15.7. The highest BCUT2D eigenvalue weighted by atomic mass is 35.5. The van der Waals surface area contributed by atoms with Gasteiger partial charge in [-0.1, -0.05) is 47.5 Å². The highest BCUT2D eigenvalue weighted by Crippen LogP contribution is 2.29. The fraction of sp³-hybridized carbons (Fsp3) is 0.263. The molecule has 1 aliphatic heterocycles. The average Bonchev–Trinajstić information content (AvgIpc) is 2.66. The quantitative estimate of drug-likeness (QED) is 0.835. The lowest BCUT2D eigenvalue weighted by molar-refractivity contribution is -0.895. The molecule has 5 nitrogen and oxygen atoms in total. The highest BCUT2D eigenvalue weighted by Gasteiger charge is 2.26. The molecule has 1 fully saturated rings. The van der Waals surface area contributed by atoms with E-state index in [1.807, 2.05) is 35.2 Å². The number of quaternary nitrogens is 1. The summed E-state index contributed by atoms with van der Waals surface area (Å²) < 4.78 is 0. The van der Waals surface area contributed by atoms with Crippen molar-refractivity contribution in [2.24, 2.45) is 0 Å². The molecule has 26 heavy (non-hydrogen) atoms. The number of hydrogen-bond acceptors (Lipinski definition) is 2. The number of nitrogens with one attached hydrogen (secondary N) is 2. The van der Waals surface area contributed by atoms with E-state index in [0.717, 1.165) is 18.0 Å². The summed E-state index contributed by atoms with van der Waals surface area (Å²) in [5.41, 5.74) is 1.14. The predicted molar refractivity (Wildman–Crippen MR) is 103 cm³/mol. The molecule has 1 aliphatic rings. The summed E-state index contributed by atoms with van der Waals surface area (Å²) in [6, 6.07) is 14.4. The maximum atomic E-state index is 12.5. The van der Waals surface area contributed by atoms with Gasteiger partial charge in [0.2, 0.25) is 0 Å². The van der Waals surface area contributed by atoms with Gasteiger partial charge in [0.05, 0.1) is 41.9 Å². The van der Waals surface area contributed by atoms with Gasteiger partial charge in [-0.3, -0.25) is 9.59 Å². The molecule has 136 valence electrons. The maximum absolute atomic E-state index is 12.5. The van der Waals surface area contributed by atoms with Crippen LogP contribution < -0.4 is 10.2 Å². The first-order valence-electron chi connectivity index (χ1n) is 8.46. The minimum Gasteiger partial charge on any atom is -0.327 e. The first-order chi connectivity index (χ1) is 12.5. The standard InChI is InChI=1S/C19H19Cl2N3O2/c20-15-7-4-8-16(21)18(15)22-17(25)13-23-9-11-24(12-10-23)19(26)14-5-2-1-3-6-14/h1-8H,9-13H2,(H,22,25)/p+1. The number of carbonyl (C=O) groups is 2. The van der Waals surface area contributed by atoms with Crippen LogP contribution in [0.25, 0.3) is 0 Å². The molecule has 0 aromatic heterocycles. The van der Waals surface area contributed by atoms with Gasteiger partial charge in [0, 0.05) is 5.56 Å². The maximum Gasteiger partial charge on any atom is 0.279 e. The van der Waals surface area contributed by atoms with Crippen molar-refractivity contribution in [3.8, 4) is 0 Å². The van der Waals surface area contributed by atoms with E-state index in [2.05, 4.69) is 5.32 Å². The van der Waals surface area contributed by atoms with Gasteiger partial charge >= 0.3 is 0 Å². The summed E-state index contributed by atoms with van der Waals surface area (Å²) in [5.74, 6) is -0.102. The van der Waals surface area contributed by atoms with Gasteiger partial charge in [-0.25, -0.2) is 0 Å². The lowest BCUT2D eigenvalue weighted by Crippen LogP contribution is -3.15. The van der Waals surface area contributed by atoms with Crippen LogP contribution in [0, 0.1) is 0 Å². The van der Waals surface area contributed by atoms with Gasteiger partial charge in [-0.2, -0.15) is 0 Å². The van der Waals surface area contributed by atoms with Crippen molar-refractivity contribution in [3.63, 3.8) is 0 Å². The molecule has 0 aliphatic carbocycles. The fourth-order valence-corrected chi connectivity index (χ4v) is 3.49. The van der Waals surface area contributed by atoms with Crippen molar-refractivity contribution in [1.29, 1.82) is 0 Å². The first-order valence-corrected chi connectivity index (χ1v) is 9.22. The third-order valence-electron chi connectivity index (χ3n) is 4.42. The van der Waals surface area contributed by atoms with Crippen LogP contribution in [0.15, 0.2) is 48.5 Å². The van der Waals surface area contributed by atoms with Gasteiger partial charge in [-0.05, 0) is 24.3 Å². The molecule has 2 amide bonds. The Labute approximate surface area is 162 Å². The number of nitrogens with zero attached hydrogens (tertiary/aromatic N) is 1. The molecular weight excluding hydrogens is 373 g/mol. The average molecular weight is 393 g/mol. The molecule has 0 unspecified atom stereocenters. The predicted octanol–water partition coefficient (Wildman–Crippen LogP) is 1.97. The second-order valence-electron chi connectivity index (χ2n) is 6.23. The summed E-state index contributed by atoms with van der Waals surface area (Å²) in [6.45, 7) is 3.02. The highest BCUT2D eigenvalue weighted by molar-refractivity contribution is 6.39. The minimum absolute atomic E-state index is 0.0388. The molecule has 7 heteroatoms. The van der Waals surface area contributed by atoms with Crippen molar-refractivity contribution in [2.75, 3.05) is 38.0 Å². The summed E-state index contributed by atoms with van der Waals surface area (Å²) >= 11 is 12.2. The van der Waals surface area contributed by atoms with Gasteiger partial charge in [0.15, 0.2) is 6.54 Å². The first kappa shape index (κ1) is 18.7. The molecule has 0 atom stereocenters. The monoisotopic (exact) mass is 392 g/mol. The van der Waals surface area contributed by atoms with Crippen molar-refractivity contribution >= 4 is 40.7 Å². The Morgan fingerprint density at radius 1 is 0.962 bits per heavy atom. The van der Waals surface area contributed by atoms with Gasteiger partial charge < -0.3 is 15.1 Å². The second-order valence-corrected chi connectivity index (χ2v) is 7.04. The van der Waals surface area contributed by atoms with Gasteiger partial charge in [0.1, 0.15) is 0 Å². The lowest BCUT2D eigenvalue weighted by atomic mass is 10.2. The van der Waals surface area contributed by atoms with Crippen LogP contribution in [0.1, 0.15) is 10.4 Å². The minimum atomic E-state index is -0.141. The third-order valence-corrected chi connectivity index (χ3v) is 5.05. The number of hydrogen-bond donors (Lipinski definition) is 2. The molecule has 2 aromatic carbocycles. The molecule has 1 heterocycles. The Kier molecular flexibility index (Phi) is 6.14. The van der Waals surface area contributed by atoms with Crippen molar-refractivity contribution in [2.45, 2.75) is 0 Å². The Morgan fingerprint density at radius 2 is 1.58 bits per heavy atom. The fourth-order valence-electron chi connectivity index (χ4n) is 2.99. The lowest BCUT2D eigenvalue weighted by Gasteiger charge is -2.32. The number of benzene rings is 2. The zero-order valence-electron chi connectivity index (χ0n) is 14.2. The normalized spacial score (nSPS) is 14.9. The van der Waals surface area contributed by atoms with Crippen LogP contribution in [0.4, 0.5) is 5.69 Å². The van der Waals surface area contributed by atoms with Gasteiger partial charge in [0.25, 0.3) is 11.8 Å². The van der Waals surface area contributed by atoms with Crippen molar-refractivity contribution in [1.82, 2.24) is 4.90 Å². The molecule has 0 spiro atoms. The Morgan fingerprint density at radius 3 is 2.19 bits per heavy atom. The molecule has 2 aromatic rings. The number of rotatable bonds is 4. The van der Waals surface area contributed by atoms with E-state index in [4.69, 9.17) is 23.2 Å². The van der Waals surface area contributed by atoms with Crippen LogP contribution in [-0.4, -0.2) is 49.4 Å². The van der Waals surface area contributed by atoms with E-state index in [-0.39, 0.29) is 11.8 Å². The largest absolute Gasteiger partial charge is 0.327 e. The van der Waals surface area contributed by atoms with Crippen LogP contribution >= 0.6 is 23.2 Å². The molecule has 0 saturated carbocycles. The van der Waals surface area contributed by atoms with Crippen LogP contribution in [0.3, 0.4) is 0 Å². The number of carbonyl (C=O) groups excluding carboxylic acids is 2. The van der Waals surface area contributed by atoms with E-state index >= 15 is 0 Å². The smallest absolute Gasteiger partial charge is 0.279 e. The van der Waals surface area contributed by atoms with E-state index in [1.54, 1.807) is 18.2 Å². The SMILES string of the molecule is O=C(C[NH+]1CCN(C(=O)c2ccccc2)CC1)Nc1c(Cl)cccc1Cl. The Bertz CT molecular complexity index is 770. The van der Waals surface area contributed by atoms with Gasteiger partial charge in [-0.15, -0.1) is 0 Å². The topological polar surface area (TPSA) is 53.9 Å². The third kappa shape index (κ3) is 4.55. The number of para-hydroxylation sites is 1. The van der Waals surface area contributed by atoms with E-state index < -0.39 is 0 Å². The number of anilines is 1. The molecule has 1 saturated heterocycles. The van der Waals surface area contributed by atoms with Crippen LogP contribution in [-0.2, 0) is 4.79 Å². The second kappa shape index (κ2) is 8.54. The molecule has 2 N–H and O–H groups in total. The Hall–Kier alpha value is -2.08. The summed E-state index contributed by atoms with van der Waals surface area (Å²) in [5, 5.41) is 3.61. The van der Waals surface area contributed by atoms with Crippen LogP contribution in [0.5, 0.6) is 0 Å². The number of halogens is 2. The number of piperazine rings is 1. The van der Waals surface area contributed by atoms with E-state index in [0.29, 0.717) is 40.9 Å². The molecule has 0 radical (unpaired) electrons. The van der Waals surface area contributed by atoms with Crippen molar-refractivity contribution < 1.29 is 14.5 Å². The zero-order chi connectivity index (χ0) is 18.5. The summed E-state index contributed by atoms with van der Waals surface area (Å²) in [7, 11) is 0. The summed E-state index contributed by atoms with van der Waals surface area (Å²) in [4.78, 5) is 27.7. The number of amides is 2. The van der Waals surface area contributed by atoms with Crippen LogP contribution in [0.2, 0.25) is 10.0 Å². The van der Waals surface area contributed by atoms with E-state index in [1.165, 1.54) is 0 Å². The molecular formula is C19H20Cl2N3O2+. The Balaban J connectivity index is 1.51. The summed E-state index contributed by atoms with van der Waals surface area (Å²) in [6.07, 6.45) is 0. The molecule has 0 bridgehead atoms. The van der Waals surface area contributed by atoms with E-state index in [9.17, 15) is 9.59 Å². The van der Waals surface area contributed by atoms with Crippen molar-refractivity contribution in [3.05, 3.63) is 64.1 Å². The molecule has 3 rings (SSSR count).